The minimum atomic E-state index is -0.179. The average Bonchev–Trinajstić information content (AvgIpc) is 3.27. The van der Waals surface area contributed by atoms with Crippen LogP contribution < -0.4 is 10.1 Å². The number of amides is 3. The molecule has 1 N–H and O–H groups in total. The molecule has 174 valence electrons. The van der Waals surface area contributed by atoms with Gasteiger partial charge < -0.3 is 19.9 Å². The number of carbonyl (C=O) groups is 2. The summed E-state index contributed by atoms with van der Waals surface area (Å²) in [5.74, 6) is 1.09. The monoisotopic (exact) mass is 457 g/mol. The van der Waals surface area contributed by atoms with Gasteiger partial charge in [0.1, 0.15) is 18.9 Å². The maximum absolute atomic E-state index is 13.4. The van der Waals surface area contributed by atoms with Crippen LogP contribution in [0.1, 0.15) is 49.2 Å². The van der Waals surface area contributed by atoms with E-state index in [4.69, 9.17) is 4.74 Å². The van der Waals surface area contributed by atoms with Crippen molar-refractivity contribution < 1.29 is 14.3 Å². The van der Waals surface area contributed by atoms with E-state index in [1.165, 1.54) is 10.4 Å². The number of hydrogen-bond donors (Lipinski definition) is 1. The first-order valence-electron chi connectivity index (χ1n) is 11.5. The van der Waals surface area contributed by atoms with Crippen molar-refractivity contribution in [1.82, 2.24) is 15.1 Å². The van der Waals surface area contributed by atoms with Crippen molar-refractivity contribution in [3.63, 3.8) is 0 Å². The third-order valence-corrected chi connectivity index (χ3v) is 7.01. The summed E-state index contributed by atoms with van der Waals surface area (Å²) in [7, 11) is 0. The van der Waals surface area contributed by atoms with Gasteiger partial charge in [-0.15, -0.1) is 11.3 Å². The van der Waals surface area contributed by atoms with Gasteiger partial charge in [-0.25, -0.2) is 4.79 Å². The molecule has 7 heteroatoms. The number of ether oxygens (including phenoxy) is 1. The number of aryl methyl sites for hydroxylation is 1. The van der Waals surface area contributed by atoms with Crippen molar-refractivity contribution in [2.24, 2.45) is 5.92 Å². The van der Waals surface area contributed by atoms with Gasteiger partial charge in [0.2, 0.25) is 5.91 Å². The summed E-state index contributed by atoms with van der Waals surface area (Å²) in [5.41, 5.74) is 2.34. The number of rotatable bonds is 9. The van der Waals surface area contributed by atoms with Crippen molar-refractivity contribution in [2.45, 2.75) is 46.6 Å². The summed E-state index contributed by atoms with van der Waals surface area (Å²) in [5, 5.41) is 4.94. The zero-order valence-corrected chi connectivity index (χ0v) is 20.4. The van der Waals surface area contributed by atoms with E-state index in [9.17, 15) is 9.59 Å². The Morgan fingerprint density at radius 1 is 1.25 bits per heavy atom. The maximum atomic E-state index is 13.4. The van der Waals surface area contributed by atoms with E-state index in [0.717, 1.165) is 24.2 Å². The standard InChI is InChI=1S/C25H35N3O3S/c1-5-18(3)15-27(25(30)26-6-2)16-24(29)28-13-11-23-21(12-14-32-23)22(28)17-31-20-9-7-19(4)8-10-20/h7-10,12,14,18,22H,5-6,11,13,15-17H2,1-4H3,(H,26,30)/t18-,22+/m0/s1. The third-order valence-electron chi connectivity index (χ3n) is 6.01. The van der Waals surface area contributed by atoms with Gasteiger partial charge in [0.25, 0.3) is 0 Å². The van der Waals surface area contributed by atoms with E-state index in [2.05, 4.69) is 30.6 Å². The first-order valence-corrected chi connectivity index (χ1v) is 12.4. The average molecular weight is 458 g/mol. The number of carbonyl (C=O) groups excluding carboxylic acids is 2. The highest BCUT2D eigenvalue weighted by Crippen LogP contribution is 2.34. The summed E-state index contributed by atoms with van der Waals surface area (Å²) in [6.07, 6.45) is 1.80. The molecule has 0 saturated carbocycles. The van der Waals surface area contributed by atoms with E-state index >= 15 is 0 Å². The van der Waals surface area contributed by atoms with Crippen LogP contribution in [0, 0.1) is 12.8 Å². The Labute approximate surface area is 195 Å². The molecule has 1 aliphatic rings. The predicted molar refractivity (Wildman–Crippen MR) is 129 cm³/mol. The molecule has 2 heterocycles. The largest absolute Gasteiger partial charge is 0.491 e. The van der Waals surface area contributed by atoms with Crippen molar-refractivity contribution in [1.29, 1.82) is 0 Å². The van der Waals surface area contributed by atoms with Gasteiger partial charge in [0.05, 0.1) is 6.04 Å². The predicted octanol–water partition coefficient (Wildman–Crippen LogP) is 4.64. The molecule has 0 saturated heterocycles. The Kier molecular flexibility index (Phi) is 8.56. The summed E-state index contributed by atoms with van der Waals surface area (Å²) in [6.45, 7) is 10.4. The SMILES string of the molecule is CCNC(=O)N(CC(=O)N1CCc2sccc2[C@H]1COc1ccc(C)cc1)C[C@@H](C)CC. The van der Waals surface area contributed by atoms with Gasteiger partial charge in [0, 0.05) is 24.5 Å². The Morgan fingerprint density at radius 2 is 2.00 bits per heavy atom. The number of urea groups is 1. The topological polar surface area (TPSA) is 61.9 Å². The van der Waals surface area contributed by atoms with Crippen LogP contribution in [0.2, 0.25) is 0 Å². The summed E-state index contributed by atoms with van der Waals surface area (Å²) < 4.78 is 6.10. The lowest BCUT2D eigenvalue weighted by Gasteiger charge is -2.37. The fraction of sp³-hybridized carbons (Fsp3) is 0.520. The molecule has 6 nitrogen and oxygen atoms in total. The number of nitrogens with one attached hydrogen (secondary N) is 1. The second kappa shape index (κ2) is 11.4. The number of nitrogens with zero attached hydrogens (tertiary/aromatic N) is 2. The number of hydrogen-bond acceptors (Lipinski definition) is 4. The molecule has 2 atom stereocenters. The molecule has 0 spiro atoms. The van der Waals surface area contributed by atoms with Crippen LogP contribution in [0.3, 0.4) is 0 Å². The molecule has 1 aromatic heterocycles. The summed E-state index contributed by atoms with van der Waals surface area (Å²) >= 11 is 1.74. The molecule has 0 aliphatic carbocycles. The number of fused-ring (bicyclic) bond motifs is 1. The quantitative estimate of drug-likeness (QED) is 0.597. The van der Waals surface area contributed by atoms with Crippen LogP contribution in [-0.4, -0.2) is 54.5 Å². The van der Waals surface area contributed by atoms with Crippen LogP contribution in [-0.2, 0) is 11.2 Å². The lowest BCUT2D eigenvalue weighted by Crippen LogP contribution is -2.50. The van der Waals surface area contributed by atoms with Gasteiger partial charge in [0.15, 0.2) is 0 Å². The molecule has 3 rings (SSSR count). The molecule has 0 fully saturated rings. The summed E-state index contributed by atoms with van der Waals surface area (Å²) in [4.78, 5) is 30.9. The lowest BCUT2D eigenvalue weighted by atomic mass is 10.00. The van der Waals surface area contributed by atoms with Gasteiger partial charge in [-0.3, -0.25) is 4.79 Å². The minimum absolute atomic E-state index is 0.0334. The first kappa shape index (κ1) is 24.1. The van der Waals surface area contributed by atoms with Crippen molar-refractivity contribution in [3.8, 4) is 5.75 Å². The minimum Gasteiger partial charge on any atom is -0.491 e. The van der Waals surface area contributed by atoms with E-state index in [1.807, 2.05) is 43.0 Å². The van der Waals surface area contributed by atoms with Crippen LogP contribution >= 0.6 is 11.3 Å². The third kappa shape index (κ3) is 6.03. The van der Waals surface area contributed by atoms with Crippen LogP contribution in [0.15, 0.2) is 35.7 Å². The van der Waals surface area contributed by atoms with E-state index in [0.29, 0.717) is 32.2 Å². The zero-order valence-electron chi connectivity index (χ0n) is 19.6. The molecule has 32 heavy (non-hydrogen) atoms. The normalized spacial score (nSPS) is 16.2. The smallest absolute Gasteiger partial charge is 0.317 e. The first-order chi connectivity index (χ1) is 15.4. The Hall–Kier alpha value is -2.54. The van der Waals surface area contributed by atoms with Crippen molar-refractivity contribution >= 4 is 23.3 Å². The molecule has 2 aromatic rings. The Balaban J connectivity index is 1.75. The summed E-state index contributed by atoms with van der Waals surface area (Å²) in [6, 6.07) is 9.73. The molecular weight excluding hydrogens is 422 g/mol. The van der Waals surface area contributed by atoms with E-state index < -0.39 is 0 Å². The van der Waals surface area contributed by atoms with Gasteiger partial charge in [-0.05, 0) is 55.3 Å². The number of thiophene rings is 1. The molecule has 3 amide bonds. The van der Waals surface area contributed by atoms with Crippen LogP contribution in [0.4, 0.5) is 4.79 Å². The maximum Gasteiger partial charge on any atom is 0.317 e. The number of benzene rings is 1. The van der Waals surface area contributed by atoms with Gasteiger partial charge >= 0.3 is 6.03 Å². The zero-order chi connectivity index (χ0) is 23.1. The second-order valence-electron chi connectivity index (χ2n) is 8.51. The fourth-order valence-electron chi connectivity index (χ4n) is 3.93. The molecular formula is C25H35N3O3S. The highest BCUT2D eigenvalue weighted by Gasteiger charge is 2.33. The van der Waals surface area contributed by atoms with Crippen LogP contribution in [0.5, 0.6) is 5.75 Å². The fourth-order valence-corrected chi connectivity index (χ4v) is 4.85. The lowest BCUT2D eigenvalue weighted by molar-refractivity contribution is -0.135. The molecule has 1 aliphatic heterocycles. The van der Waals surface area contributed by atoms with Crippen molar-refractivity contribution in [2.75, 3.05) is 32.8 Å². The van der Waals surface area contributed by atoms with Gasteiger partial charge in [-0.2, -0.15) is 0 Å². The van der Waals surface area contributed by atoms with E-state index in [1.54, 1.807) is 16.2 Å². The molecule has 0 unspecified atom stereocenters. The van der Waals surface area contributed by atoms with E-state index in [-0.39, 0.29) is 24.5 Å². The Morgan fingerprint density at radius 3 is 2.69 bits per heavy atom. The van der Waals surface area contributed by atoms with Gasteiger partial charge in [-0.1, -0.05) is 38.0 Å². The second-order valence-corrected chi connectivity index (χ2v) is 9.51. The Bertz CT molecular complexity index is 896. The highest BCUT2D eigenvalue weighted by molar-refractivity contribution is 7.10. The van der Waals surface area contributed by atoms with Crippen LogP contribution in [0.25, 0.3) is 0 Å². The highest BCUT2D eigenvalue weighted by atomic mass is 32.1. The van der Waals surface area contributed by atoms with Crippen molar-refractivity contribution in [3.05, 3.63) is 51.7 Å². The molecule has 0 bridgehead atoms. The molecule has 1 aromatic carbocycles. The molecule has 0 radical (unpaired) electrons.